The van der Waals surface area contributed by atoms with E-state index in [1.807, 2.05) is 27.7 Å². The highest BCUT2D eigenvalue weighted by atomic mass is 127. The van der Waals surface area contributed by atoms with Gasteiger partial charge in [-0.1, -0.05) is 13.8 Å². The Kier molecular flexibility index (Phi) is 9.79. The molecule has 1 amide bonds. The number of aliphatic imine (C=N–C) groups is 1. The summed E-state index contributed by atoms with van der Waals surface area (Å²) in [5.41, 5.74) is 0.895. The number of rotatable bonds is 6. The van der Waals surface area contributed by atoms with Gasteiger partial charge in [-0.25, -0.2) is 4.98 Å². The standard InChI is InChI=1S/C14H25N5O2.HI/c1-9(2)13(20)16-6-7-17-14(15-5)18-8-12-19-10(3)11(4)21-12;/h9H,6-8H2,1-5H3,(H,16,20)(H2,15,17,18);1H. The van der Waals surface area contributed by atoms with E-state index in [2.05, 4.69) is 25.9 Å². The van der Waals surface area contributed by atoms with Crippen LogP contribution in [0.2, 0.25) is 0 Å². The van der Waals surface area contributed by atoms with Crippen molar-refractivity contribution in [3.63, 3.8) is 0 Å². The summed E-state index contributed by atoms with van der Waals surface area (Å²) in [6.07, 6.45) is 0. The molecule has 1 aromatic heterocycles. The second-order valence-corrected chi connectivity index (χ2v) is 5.05. The van der Waals surface area contributed by atoms with Crippen LogP contribution in [0.1, 0.15) is 31.2 Å². The molecule has 0 aromatic carbocycles. The summed E-state index contributed by atoms with van der Waals surface area (Å²) in [7, 11) is 1.69. The molecule has 126 valence electrons. The Hall–Kier alpha value is -1.32. The lowest BCUT2D eigenvalue weighted by molar-refractivity contribution is -0.123. The third-order valence-electron chi connectivity index (χ3n) is 2.94. The number of aryl methyl sites for hydroxylation is 2. The summed E-state index contributed by atoms with van der Waals surface area (Å²) in [4.78, 5) is 19.8. The van der Waals surface area contributed by atoms with E-state index in [9.17, 15) is 4.79 Å². The van der Waals surface area contributed by atoms with E-state index >= 15 is 0 Å². The SMILES string of the molecule is CN=C(NCCNC(=O)C(C)C)NCc1nc(C)c(C)o1.I. The lowest BCUT2D eigenvalue weighted by Crippen LogP contribution is -2.41. The number of guanidine groups is 1. The quantitative estimate of drug-likeness (QED) is 0.278. The van der Waals surface area contributed by atoms with E-state index in [4.69, 9.17) is 4.42 Å². The number of nitrogens with zero attached hydrogens (tertiary/aromatic N) is 2. The zero-order valence-corrected chi connectivity index (χ0v) is 16.1. The number of oxazole rings is 1. The normalized spacial score (nSPS) is 11.1. The van der Waals surface area contributed by atoms with Gasteiger partial charge in [0.2, 0.25) is 11.8 Å². The van der Waals surface area contributed by atoms with Crippen molar-refractivity contribution in [2.75, 3.05) is 20.1 Å². The minimum atomic E-state index is -0.000978. The number of halogens is 1. The van der Waals surface area contributed by atoms with Crippen molar-refractivity contribution in [2.45, 2.75) is 34.2 Å². The number of nitrogens with one attached hydrogen (secondary N) is 3. The minimum absolute atomic E-state index is 0. The maximum Gasteiger partial charge on any atom is 0.222 e. The molecule has 0 atom stereocenters. The first-order valence-corrected chi connectivity index (χ1v) is 7.09. The van der Waals surface area contributed by atoms with Gasteiger partial charge in [-0.2, -0.15) is 0 Å². The number of amides is 1. The molecule has 3 N–H and O–H groups in total. The molecule has 0 spiro atoms. The van der Waals surface area contributed by atoms with Crippen LogP contribution >= 0.6 is 24.0 Å². The Bertz CT molecular complexity index is 480. The predicted molar refractivity (Wildman–Crippen MR) is 97.4 cm³/mol. The van der Waals surface area contributed by atoms with Crippen LogP contribution in [0, 0.1) is 19.8 Å². The molecular weight excluding hydrogens is 397 g/mol. The molecule has 0 saturated heterocycles. The van der Waals surface area contributed by atoms with Crippen LogP contribution in [0.25, 0.3) is 0 Å². The first kappa shape index (κ1) is 20.7. The Labute approximate surface area is 148 Å². The lowest BCUT2D eigenvalue weighted by Gasteiger charge is -2.12. The third kappa shape index (κ3) is 7.10. The van der Waals surface area contributed by atoms with Gasteiger partial charge in [0.15, 0.2) is 5.96 Å². The first-order chi connectivity index (χ1) is 9.93. The number of hydrogen-bond acceptors (Lipinski definition) is 4. The molecular formula is C14H26IN5O2. The van der Waals surface area contributed by atoms with Crippen molar-refractivity contribution < 1.29 is 9.21 Å². The second kappa shape index (κ2) is 10.4. The molecule has 0 aliphatic heterocycles. The Balaban J connectivity index is 0.00000441. The Morgan fingerprint density at radius 3 is 2.36 bits per heavy atom. The van der Waals surface area contributed by atoms with Crippen LogP contribution in [-0.2, 0) is 11.3 Å². The van der Waals surface area contributed by atoms with E-state index in [1.54, 1.807) is 7.05 Å². The van der Waals surface area contributed by atoms with Crippen molar-refractivity contribution in [1.29, 1.82) is 0 Å². The molecule has 0 bridgehead atoms. The highest BCUT2D eigenvalue weighted by Crippen LogP contribution is 2.07. The lowest BCUT2D eigenvalue weighted by atomic mass is 10.2. The predicted octanol–water partition coefficient (Wildman–Crippen LogP) is 1.35. The molecule has 8 heteroatoms. The fraction of sp³-hybridized carbons (Fsp3) is 0.643. The molecule has 0 aliphatic carbocycles. The summed E-state index contributed by atoms with van der Waals surface area (Å²) in [6.45, 7) is 9.14. The van der Waals surface area contributed by atoms with Gasteiger partial charge in [0.1, 0.15) is 5.76 Å². The molecule has 7 nitrogen and oxygen atoms in total. The van der Waals surface area contributed by atoms with E-state index < -0.39 is 0 Å². The van der Waals surface area contributed by atoms with Gasteiger partial charge in [-0.15, -0.1) is 24.0 Å². The summed E-state index contributed by atoms with van der Waals surface area (Å²) in [5, 5.41) is 9.05. The van der Waals surface area contributed by atoms with Crippen LogP contribution < -0.4 is 16.0 Å². The molecule has 0 fully saturated rings. The monoisotopic (exact) mass is 423 g/mol. The number of carbonyl (C=O) groups is 1. The van der Waals surface area contributed by atoms with Crippen molar-refractivity contribution in [1.82, 2.24) is 20.9 Å². The average Bonchev–Trinajstić information content (AvgIpc) is 2.76. The van der Waals surface area contributed by atoms with Crippen LogP contribution in [-0.4, -0.2) is 37.0 Å². The van der Waals surface area contributed by atoms with Crippen molar-refractivity contribution in [3.05, 3.63) is 17.3 Å². The van der Waals surface area contributed by atoms with Crippen LogP contribution in [0.4, 0.5) is 0 Å². The average molecular weight is 423 g/mol. The van der Waals surface area contributed by atoms with E-state index in [-0.39, 0.29) is 35.8 Å². The van der Waals surface area contributed by atoms with Gasteiger partial charge in [0.25, 0.3) is 0 Å². The summed E-state index contributed by atoms with van der Waals surface area (Å²) in [6, 6.07) is 0. The maximum absolute atomic E-state index is 11.4. The minimum Gasteiger partial charge on any atom is -0.444 e. The van der Waals surface area contributed by atoms with E-state index in [0.717, 1.165) is 11.5 Å². The number of aromatic nitrogens is 1. The summed E-state index contributed by atoms with van der Waals surface area (Å²) in [5.74, 6) is 2.14. The molecule has 0 aliphatic rings. The van der Waals surface area contributed by atoms with Gasteiger partial charge in [-0.05, 0) is 13.8 Å². The number of hydrogen-bond donors (Lipinski definition) is 3. The maximum atomic E-state index is 11.4. The number of carbonyl (C=O) groups excluding carboxylic acids is 1. The molecule has 1 rings (SSSR count). The first-order valence-electron chi connectivity index (χ1n) is 7.09. The Morgan fingerprint density at radius 1 is 1.23 bits per heavy atom. The van der Waals surface area contributed by atoms with Gasteiger partial charge >= 0.3 is 0 Å². The highest BCUT2D eigenvalue weighted by molar-refractivity contribution is 14.0. The van der Waals surface area contributed by atoms with Crippen LogP contribution in [0.15, 0.2) is 9.41 Å². The zero-order valence-electron chi connectivity index (χ0n) is 13.8. The van der Waals surface area contributed by atoms with Crippen LogP contribution in [0.3, 0.4) is 0 Å². The molecule has 1 aromatic rings. The fourth-order valence-electron chi connectivity index (χ4n) is 1.57. The largest absolute Gasteiger partial charge is 0.444 e. The van der Waals surface area contributed by atoms with Crippen molar-refractivity contribution in [2.24, 2.45) is 10.9 Å². The topological polar surface area (TPSA) is 91.5 Å². The second-order valence-electron chi connectivity index (χ2n) is 5.05. The van der Waals surface area contributed by atoms with E-state index in [0.29, 0.717) is 31.5 Å². The van der Waals surface area contributed by atoms with Gasteiger partial charge in [-0.3, -0.25) is 9.79 Å². The van der Waals surface area contributed by atoms with Crippen molar-refractivity contribution >= 4 is 35.8 Å². The van der Waals surface area contributed by atoms with Crippen molar-refractivity contribution in [3.8, 4) is 0 Å². The molecule has 0 unspecified atom stereocenters. The Morgan fingerprint density at radius 2 is 1.86 bits per heavy atom. The van der Waals surface area contributed by atoms with Crippen LogP contribution in [0.5, 0.6) is 0 Å². The van der Waals surface area contributed by atoms with Gasteiger partial charge in [0, 0.05) is 26.1 Å². The highest BCUT2D eigenvalue weighted by Gasteiger charge is 2.07. The fourth-order valence-corrected chi connectivity index (χ4v) is 1.57. The summed E-state index contributed by atoms with van der Waals surface area (Å²) >= 11 is 0. The smallest absolute Gasteiger partial charge is 0.222 e. The molecule has 1 heterocycles. The van der Waals surface area contributed by atoms with E-state index in [1.165, 1.54) is 0 Å². The molecule has 0 saturated carbocycles. The van der Waals surface area contributed by atoms with Gasteiger partial charge < -0.3 is 20.4 Å². The zero-order chi connectivity index (χ0) is 15.8. The summed E-state index contributed by atoms with van der Waals surface area (Å²) < 4.78 is 5.48. The molecule has 0 radical (unpaired) electrons. The third-order valence-corrected chi connectivity index (χ3v) is 2.94. The van der Waals surface area contributed by atoms with Gasteiger partial charge in [0.05, 0.1) is 12.2 Å². The molecule has 22 heavy (non-hydrogen) atoms.